The molecule has 21 heavy (non-hydrogen) atoms. The van der Waals surface area contributed by atoms with Crippen LogP contribution in [0.2, 0.25) is 0 Å². The number of nitrogens with two attached hydrogens (primary N) is 1. The minimum atomic E-state index is 0.0579. The molecule has 3 N–H and O–H groups in total. The quantitative estimate of drug-likeness (QED) is 0.800. The zero-order chi connectivity index (χ0) is 15.1. The van der Waals surface area contributed by atoms with Gasteiger partial charge in [-0.15, -0.1) is 0 Å². The average Bonchev–Trinajstić information content (AvgIpc) is 2.50. The summed E-state index contributed by atoms with van der Waals surface area (Å²) in [5.74, 6) is 0.0579. The van der Waals surface area contributed by atoms with Gasteiger partial charge in [-0.05, 0) is 36.1 Å². The zero-order valence-corrected chi connectivity index (χ0v) is 12.4. The summed E-state index contributed by atoms with van der Waals surface area (Å²) in [4.78, 5) is 12.1. The molecule has 1 unspecified atom stereocenters. The van der Waals surface area contributed by atoms with Crippen molar-refractivity contribution in [3.63, 3.8) is 0 Å². The smallest absolute Gasteiger partial charge is 0.224 e. The van der Waals surface area contributed by atoms with E-state index < -0.39 is 0 Å². The highest BCUT2D eigenvalue weighted by Crippen LogP contribution is 2.08. The second-order valence-electron chi connectivity index (χ2n) is 5.28. The second kappa shape index (κ2) is 7.48. The van der Waals surface area contributed by atoms with Crippen LogP contribution in [0.4, 0.5) is 5.69 Å². The Morgan fingerprint density at radius 1 is 1.05 bits per heavy atom. The van der Waals surface area contributed by atoms with Gasteiger partial charge in [-0.3, -0.25) is 4.79 Å². The monoisotopic (exact) mass is 282 g/mol. The molecule has 0 heterocycles. The minimum absolute atomic E-state index is 0.0579. The van der Waals surface area contributed by atoms with Gasteiger partial charge in [0.25, 0.3) is 0 Å². The SMILES string of the molecule is CCC(Cc1ccccc1)NC(=O)Cc1ccc(N)cc1. The molecule has 110 valence electrons. The van der Waals surface area contributed by atoms with Gasteiger partial charge in [-0.1, -0.05) is 49.4 Å². The van der Waals surface area contributed by atoms with Crippen LogP contribution in [0.15, 0.2) is 54.6 Å². The van der Waals surface area contributed by atoms with E-state index in [0.717, 1.165) is 24.1 Å². The number of nitrogen functional groups attached to an aromatic ring is 1. The van der Waals surface area contributed by atoms with E-state index in [1.165, 1.54) is 5.56 Å². The van der Waals surface area contributed by atoms with Gasteiger partial charge in [0.1, 0.15) is 0 Å². The molecule has 0 saturated carbocycles. The third-order valence-corrected chi connectivity index (χ3v) is 3.53. The van der Waals surface area contributed by atoms with Crippen LogP contribution < -0.4 is 11.1 Å². The molecule has 0 bridgehead atoms. The summed E-state index contributed by atoms with van der Waals surface area (Å²) in [5.41, 5.74) is 8.59. The van der Waals surface area contributed by atoms with Crippen molar-refractivity contribution in [1.82, 2.24) is 5.32 Å². The van der Waals surface area contributed by atoms with Crippen LogP contribution in [0, 0.1) is 0 Å². The number of hydrogen-bond acceptors (Lipinski definition) is 2. The fourth-order valence-electron chi connectivity index (χ4n) is 2.30. The van der Waals surface area contributed by atoms with E-state index in [4.69, 9.17) is 5.73 Å². The number of hydrogen-bond donors (Lipinski definition) is 2. The lowest BCUT2D eigenvalue weighted by molar-refractivity contribution is -0.121. The Kier molecular flexibility index (Phi) is 5.38. The summed E-state index contributed by atoms with van der Waals surface area (Å²) < 4.78 is 0. The van der Waals surface area contributed by atoms with Crippen LogP contribution in [0.5, 0.6) is 0 Å². The fourth-order valence-corrected chi connectivity index (χ4v) is 2.30. The van der Waals surface area contributed by atoms with Gasteiger partial charge < -0.3 is 11.1 Å². The largest absolute Gasteiger partial charge is 0.399 e. The summed E-state index contributed by atoms with van der Waals surface area (Å²) in [6, 6.07) is 17.9. The molecule has 0 aliphatic heterocycles. The van der Waals surface area contributed by atoms with Gasteiger partial charge in [0.05, 0.1) is 6.42 Å². The van der Waals surface area contributed by atoms with Gasteiger partial charge >= 0.3 is 0 Å². The first-order chi connectivity index (χ1) is 10.2. The summed E-state index contributed by atoms with van der Waals surface area (Å²) in [5, 5.41) is 3.11. The molecule has 0 aromatic heterocycles. The predicted octanol–water partition coefficient (Wildman–Crippen LogP) is 2.95. The summed E-state index contributed by atoms with van der Waals surface area (Å²) in [6.45, 7) is 2.09. The van der Waals surface area contributed by atoms with Crippen LogP contribution in [0.1, 0.15) is 24.5 Å². The maximum absolute atomic E-state index is 12.1. The number of carbonyl (C=O) groups excluding carboxylic acids is 1. The van der Waals surface area contributed by atoms with Crippen LogP contribution in [0.25, 0.3) is 0 Å². The van der Waals surface area contributed by atoms with Crippen molar-refractivity contribution in [2.24, 2.45) is 0 Å². The van der Waals surface area contributed by atoms with Crippen molar-refractivity contribution in [3.05, 3.63) is 65.7 Å². The van der Waals surface area contributed by atoms with Crippen LogP contribution in [-0.4, -0.2) is 11.9 Å². The number of rotatable bonds is 6. The number of benzene rings is 2. The molecule has 2 aromatic carbocycles. The molecular weight excluding hydrogens is 260 g/mol. The highest BCUT2D eigenvalue weighted by Gasteiger charge is 2.11. The van der Waals surface area contributed by atoms with Crippen molar-refractivity contribution in [2.45, 2.75) is 32.2 Å². The summed E-state index contributed by atoms with van der Waals surface area (Å²) >= 11 is 0. The molecule has 0 spiro atoms. The van der Waals surface area contributed by atoms with E-state index in [0.29, 0.717) is 6.42 Å². The van der Waals surface area contributed by atoms with Gasteiger partial charge in [-0.2, -0.15) is 0 Å². The molecule has 1 amide bonds. The Bertz CT molecular complexity index is 564. The van der Waals surface area contributed by atoms with Crippen molar-refractivity contribution in [1.29, 1.82) is 0 Å². The first kappa shape index (κ1) is 15.1. The molecule has 0 radical (unpaired) electrons. The average molecular weight is 282 g/mol. The van der Waals surface area contributed by atoms with Gasteiger partial charge in [-0.25, -0.2) is 0 Å². The highest BCUT2D eigenvalue weighted by atomic mass is 16.1. The third-order valence-electron chi connectivity index (χ3n) is 3.53. The molecule has 0 saturated heterocycles. The van der Waals surface area contributed by atoms with Crippen LogP contribution in [0.3, 0.4) is 0 Å². The summed E-state index contributed by atoms with van der Waals surface area (Å²) in [7, 11) is 0. The maximum Gasteiger partial charge on any atom is 0.224 e. The van der Waals surface area contributed by atoms with E-state index in [9.17, 15) is 4.79 Å². The Hall–Kier alpha value is -2.29. The van der Waals surface area contributed by atoms with E-state index in [2.05, 4.69) is 24.4 Å². The molecule has 0 fully saturated rings. The maximum atomic E-state index is 12.1. The van der Waals surface area contributed by atoms with E-state index >= 15 is 0 Å². The van der Waals surface area contributed by atoms with E-state index in [1.807, 2.05) is 42.5 Å². The molecule has 0 aliphatic carbocycles. The fraction of sp³-hybridized carbons (Fsp3) is 0.278. The van der Waals surface area contributed by atoms with Crippen molar-refractivity contribution in [3.8, 4) is 0 Å². The molecular formula is C18H22N2O. The first-order valence-electron chi connectivity index (χ1n) is 7.35. The van der Waals surface area contributed by atoms with Crippen molar-refractivity contribution < 1.29 is 4.79 Å². The molecule has 0 aliphatic rings. The topological polar surface area (TPSA) is 55.1 Å². The normalized spacial score (nSPS) is 11.9. The molecule has 3 heteroatoms. The molecule has 3 nitrogen and oxygen atoms in total. The lowest BCUT2D eigenvalue weighted by atomic mass is 10.0. The number of amides is 1. The number of anilines is 1. The Morgan fingerprint density at radius 3 is 2.33 bits per heavy atom. The summed E-state index contributed by atoms with van der Waals surface area (Å²) in [6.07, 6.45) is 2.18. The van der Waals surface area contributed by atoms with E-state index in [1.54, 1.807) is 0 Å². The Balaban J connectivity index is 1.89. The Labute approximate surface area is 126 Å². The molecule has 2 rings (SSSR count). The zero-order valence-electron chi connectivity index (χ0n) is 12.4. The third kappa shape index (κ3) is 4.95. The number of nitrogens with one attached hydrogen (secondary N) is 1. The van der Waals surface area contributed by atoms with Gasteiger partial charge in [0.15, 0.2) is 0 Å². The van der Waals surface area contributed by atoms with Gasteiger partial charge in [0.2, 0.25) is 5.91 Å². The minimum Gasteiger partial charge on any atom is -0.399 e. The van der Waals surface area contributed by atoms with Crippen LogP contribution >= 0.6 is 0 Å². The standard InChI is InChI=1S/C18H22N2O/c1-2-17(12-14-6-4-3-5-7-14)20-18(21)13-15-8-10-16(19)11-9-15/h3-11,17H,2,12-13,19H2,1H3,(H,20,21). The first-order valence-corrected chi connectivity index (χ1v) is 7.35. The predicted molar refractivity (Wildman–Crippen MR) is 86.9 cm³/mol. The lowest BCUT2D eigenvalue weighted by Crippen LogP contribution is -2.36. The Morgan fingerprint density at radius 2 is 1.71 bits per heavy atom. The van der Waals surface area contributed by atoms with Gasteiger partial charge in [0, 0.05) is 11.7 Å². The second-order valence-corrected chi connectivity index (χ2v) is 5.28. The molecule has 1 atom stereocenters. The van der Waals surface area contributed by atoms with Crippen LogP contribution in [-0.2, 0) is 17.6 Å². The van der Waals surface area contributed by atoms with Crippen molar-refractivity contribution >= 4 is 11.6 Å². The van der Waals surface area contributed by atoms with Crippen molar-refractivity contribution in [2.75, 3.05) is 5.73 Å². The lowest BCUT2D eigenvalue weighted by Gasteiger charge is -2.17. The molecule has 2 aromatic rings. The highest BCUT2D eigenvalue weighted by molar-refractivity contribution is 5.79. The number of carbonyl (C=O) groups is 1. The van der Waals surface area contributed by atoms with E-state index in [-0.39, 0.29) is 11.9 Å².